The van der Waals surface area contributed by atoms with Gasteiger partial charge in [0.25, 0.3) is 5.91 Å². The van der Waals surface area contributed by atoms with Gasteiger partial charge in [0, 0.05) is 16.6 Å². The van der Waals surface area contributed by atoms with Crippen molar-refractivity contribution >= 4 is 22.6 Å². The van der Waals surface area contributed by atoms with Crippen LogP contribution in [0.1, 0.15) is 35.5 Å². The fourth-order valence-corrected chi connectivity index (χ4v) is 2.55. The van der Waals surface area contributed by atoms with Crippen LogP contribution in [0, 0.1) is 12.8 Å². The monoisotopic (exact) mass is 308 g/mol. The number of carbonyl (C=O) groups excluding carboxylic acids is 1. The highest BCUT2D eigenvalue weighted by atomic mass is 16.1. The molecule has 0 aliphatic rings. The maximum absolute atomic E-state index is 12.3. The first kappa shape index (κ1) is 15.2. The van der Waals surface area contributed by atoms with E-state index in [2.05, 4.69) is 34.3 Å². The second kappa shape index (κ2) is 6.20. The van der Waals surface area contributed by atoms with Gasteiger partial charge in [-0.05, 0) is 43.0 Å². The molecule has 0 saturated heterocycles. The van der Waals surface area contributed by atoms with E-state index in [-0.39, 0.29) is 5.91 Å². The third-order valence-electron chi connectivity index (χ3n) is 3.72. The van der Waals surface area contributed by atoms with Crippen LogP contribution in [0.25, 0.3) is 11.0 Å². The molecule has 1 aromatic carbocycles. The second-order valence-electron chi connectivity index (χ2n) is 6.19. The topological polar surface area (TPSA) is 70.7 Å². The number of nitrogens with zero attached hydrogens (tertiary/aromatic N) is 2. The molecule has 118 valence electrons. The van der Waals surface area contributed by atoms with Crippen LogP contribution in [0.4, 0.5) is 5.69 Å². The number of nitrogens with one attached hydrogen (secondary N) is 2. The van der Waals surface area contributed by atoms with Crippen molar-refractivity contribution in [2.75, 3.05) is 5.32 Å². The zero-order valence-electron chi connectivity index (χ0n) is 13.6. The average Bonchev–Trinajstić information content (AvgIpc) is 2.88. The highest BCUT2D eigenvalue weighted by Gasteiger charge is 2.09. The third kappa shape index (κ3) is 3.39. The van der Waals surface area contributed by atoms with E-state index in [1.165, 1.54) is 5.56 Å². The van der Waals surface area contributed by atoms with Crippen molar-refractivity contribution in [3.63, 3.8) is 0 Å². The van der Waals surface area contributed by atoms with E-state index in [1.54, 1.807) is 6.20 Å². The van der Waals surface area contributed by atoms with Gasteiger partial charge in [-0.25, -0.2) is 4.98 Å². The van der Waals surface area contributed by atoms with E-state index in [4.69, 9.17) is 0 Å². The molecule has 3 aromatic rings. The molecule has 5 nitrogen and oxygen atoms in total. The number of H-pyrrole nitrogens is 1. The Balaban J connectivity index is 1.75. The maximum Gasteiger partial charge on any atom is 0.255 e. The average molecular weight is 308 g/mol. The molecule has 0 unspecified atom stereocenters. The van der Waals surface area contributed by atoms with E-state index in [0.29, 0.717) is 22.8 Å². The van der Waals surface area contributed by atoms with Crippen LogP contribution >= 0.6 is 0 Å². The minimum absolute atomic E-state index is 0.136. The van der Waals surface area contributed by atoms with Crippen molar-refractivity contribution in [1.29, 1.82) is 0 Å². The highest BCUT2D eigenvalue weighted by Crippen LogP contribution is 2.18. The Morgan fingerprint density at radius 1 is 1.26 bits per heavy atom. The van der Waals surface area contributed by atoms with E-state index in [1.807, 2.05) is 37.3 Å². The minimum atomic E-state index is -0.136. The lowest BCUT2D eigenvalue weighted by Crippen LogP contribution is -2.12. The van der Waals surface area contributed by atoms with Gasteiger partial charge in [-0.2, -0.15) is 5.10 Å². The van der Waals surface area contributed by atoms with E-state index >= 15 is 0 Å². The quantitative estimate of drug-likeness (QED) is 0.771. The van der Waals surface area contributed by atoms with Crippen molar-refractivity contribution in [3.05, 3.63) is 53.3 Å². The summed E-state index contributed by atoms with van der Waals surface area (Å²) in [5.41, 5.74) is 4.13. The molecular weight excluding hydrogens is 288 g/mol. The molecule has 3 rings (SSSR count). The van der Waals surface area contributed by atoms with E-state index in [0.717, 1.165) is 17.5 Å². The van der Waals surface area contributed by atoms with Crippen molar-refractivity contribution < 1.29 is 4.79 Å². The molecule has 1 amide bonds. The number of benzene rings is 1. The van der Waals surface area contributed by atoms with Crippen LogP contribution in [-0.4, -0.2) is 21.1 Å². The fraction of sp³-hybridized carbons (Fsp3) is 0.278. The summed E-state index contributed by atoms with van der Waals surface area (Å²) in [4.78, 5) is 16.6. The van der Waals surface area contributed by atoms with Crippen LogP contribution in [0.3, 0.4) is 0 Å². The lowest BCUT2D eigenvalue weighted by atomic mass is 10.0. The number of fused-ring (bicyclic) bond motifs is 1. The Hall–Kier alpha value is -2.69. The summed E-state index contributed by atoms with van der Waals surface area (Å²) in [6.45, 7) is 6.29. The minimum Gasteiger partial charge on any atom is -0.321 e. The van der Waals surface area contributed by atoms with Crippen LogP contribution in [0.2, 0.25) is 0 Å². The number of aromatic amines is 1. The van der Waals surface area contributed by atoms with Gasteiger partial charge >= 0.3 is 0 Å². The Bertz CT molecular complexity index is 834. The molecular formula is C18H20N4O. The molecule has 0 saturated carbocycles. The van der Waals surface area contributed by atoms with Crippen LogP contribution in [0.5, 0.6) is 0 Å². The van der Waals surface area contributed by atoms with Crippen LogP contribution < -0.4 is 5.32 Å². The Morgan fingerprint density at radius 2 is 2.00 bits per heavy atom. The number of carbonyl (C=O) groups is 1. The third-order valence-corrected chi connectivity index (χ3v) is 3.72. The SMILES string of the molecule is Cc1[nH]nc2ncc(NC(=O)c3ccc(CC(C)C)cc3)cc12. The summed E-state index contributed by atoms with van der Waals surface area (Å²) in [6, 6.07) is 9.63. The van der Waals surface area contributed by atoms with E-state index < -0.39 is 0 Å². The standard InChI is InChI=1S/C18H20N4O/c1-11(2)8-13-4-6-14(7-5-13)18(23)20-15-9-16-12(3)21-22-17(16)19-10-15/h4-7,9-11H,8H2,1-3H3,(H,20,23)(H,19,21,22). The highest BCUT2D eigenvalue weighted by molar-refractivity contribution is 6.04. The summed E-state index contributed by atoms with van der Waals surface area (Å²) in [6.07, 6.45) is 2.63. The van der Waals surface area contributed by atoms with Crippen LogP contribution in [-0.2, 0) is 6.42 Å². The van der Waals surface area contributed by atoms with Gasteiger partial charge in [0.05, 0.1) is 11.9 Å². The molecule has 2 heterocycles. The first-order valence-corrected chi connectivity index (χ1v) is 7.74. The molecule has 23 heavy (non-hydrogen) atoms. The molecule has 5 heteroatoms. The summed E-state index contributed by atoms with van der Waals surface area (Å²) in [7, 11) is 0. The number of aromatic nitrogens is 3. The molecule has 0 radical (unpaired) electrons. The van der Waals surface area contributed by atoms with E-state index in [9.17, 15) is 4.79 Å². The summed E-state index contributed by atoms with van der Waals surface area (Å²) < 4.78 is 0. The lowest BCUT2D eigenvalue weighted by molar-refractivity contribution is 0.102. The first-order valence-electron chi connectivity index (χ1n) is 7.74. The number of rotatable bonds is 4. The fourth-order valence-electron chi connectivity index (χ4n) is 2.55. The van der Waals surface area contributed by atoms with Gasteiger partial charge in [0.1, 0.15) is 0 Å². The zero-order chi connectivity index (χ0) is 16.4. The Morgan fingerprint density at radius 3 is 2.70 bits per heavy atom. The summed E-state index contributed by atoms with van der Waals surface area (Å²) >= 11 is 0. The zero-order valence-corrected chi connectivity index (χ0v) is 13.6. The molecule has 0 atom stereocenters. The predicted molar refractivity (Wildman–Crippen MR) is 91.6 cm³/mol. The first-order chi connectivity index (χ1) is 11.0. The van der Waals surface area contributed by atoms with Gasteiger partial charge in [-0.1, -0.05) is 26.0 Å². The Labute approximate surface area is 135 Å². The van der Waals surface area contributed by atoms with Crippen molar-refractivity contribution in [3.8, 4) is 0 Å². The molecule has 0 aliphatic heterocycles. The van der Waals surface area contributed by atoms with Gasteiger partial charge in [-0.15, -0.1) is 0 Å². The smallest absolute Gasteiger partial charge is 0.255 e. The number of anilines is 1. The second-order valence-corrected chi connectivity index (χ2v) is 6.19. The van der Waals surface area contributed by atoms with Gasteiger partial charge in [0.15, 0.2) is 5.65 Å². The molecule has 2 aromatic heterocycles. The molecule has 0 fully saturated rings. The van der Waals surface area contributed by atoms with Gasteiger partial charge in [-0.3, -0.25) is 9.89 Å². The van der Waals surface area contributed by atoms with Gasteiger partial charge in [0.2, 0.25) is 0 Å². The Kier molecular flexibility index (Phi) is 4.10. The van der Waals surface area contributed by atoms with Crippen molar-refractivity contribution in [2.45, 2.75) is 27.2 Å². The van der Waals surface area contributed by atoms with Gasteiger partial charge < -0.3 is 5.32 Å². The maximum atomic E-state index is 12.3. The summed E-state index contributed by atoms with van der Waals surface area (Å²) in [5, 5.41) is 10.8. The number of aryl methyl sites for hydroxylation is 1. The number of hydrogen-bond donors (Lipinski definition) is 2. The molecule has 0 spiro atoms. The number of pyridine rings is 1. The van der Waals surface area contributed by atoms with Crippen molar-refractivity contribution in [1.82, 2.24) is 15.2 Å². The number of hydrogen-bond acceptors (Lipinski definition) is 3. The largest absolute Gasteiger partial charge is 0.321 e. The molecule has 2 N–H and O–H groups in total. The predicted octanol–water partition coefficient (Wildman–Crippen LogP) is 3.72. The number of amides is 1. The molecule has 0 aliphatic carbocycles. The van der Waals surface area contributed by atoms with Crippen LogP contribution in [0.15, 0.2) is 36.5 Å². The molecule has 0 bridgehead atoms. The normalized spacial score (nSPS) is 11.1. The van der Waals surface area contributed by atoms with Crippen molar-refractivity contribution in [2.24, 2.45) is 5.92 Å². The summed E-state index contributed by atoms with van der Waals surface area (Å²) in [5.74, 6) is 0.467. The lowest BCUT2D eigenvalue weighted by Gasteiger charge is -2.07.